The maximum absolute atomic E-state index is 12.0. The third-order valence-electron chi connectivity index (χ3n) is 4.13. The van der Waals surface area contributed by atoms with Crippen molar-refractivity contribution >= 4 is 29.3 Å². The molecule has 0 saturated carbocycles. The minimum atomic E-state index is -0.978. The molecule has 0 fully saturated rings. The maximum Gasteiger partial charge on any atom is 0.323 e. The number of nitrogens with zero attached hydrogens (tertiary/aromatic N) is 1. The molecule has 30 heavy (non-hydrogen) atoms. The third kappa shape index (κ3) is 5.90. The van der Waals surface area contributed by atoms with E-state index in [-0.39, 0.29) is 24.7 Å². The average Bonchev–Trinajstić information content (AvgIpc) is 2.75. The Morgan fingerprint density at radius 3 is 2.03 bits per heavy atom. The zero-order chi connectivity index (χ0) is 21.3. The number of carboxylic acid groups (broad SMARTS) is 1. The van der Waals surface area contributed by atoms with Crippen LogP contribution in [0, 0.1) is 0 Å². The van der Waals surface area contributed by atoms with Gasteiger partial charge in [-0.25, -0.2) is 4.79 Å². The molecule has 3 aromatic rings. The van der Waals surface area contributed by atoms with Gasteiger partial charge in [0.2, 0.25) is 0 Å². The van der Waals surface area contributed by atoms with Crippen LogP contribution in [0.1, 0.15) is 16.9 Å². The second-order valence-electron chi connectivity index (χ2n) is 6.35. The number of hydrogen-bond acceptors (Lipinski definition) is 4. The van der Waals surface area contributed by atoms with Crippen LogP contribution in [0.4, 0.5) is 16.2 Å². The number of carbonyl (C=O) groups is 3. The Morgan fingerprint density at radius 2 is 1.43 bits per heavy atom. The summed E-state index contributed by atoms with van der Waals surface area (Å²) in [6.45, 7) is 0.0455. The van der Waals surface area contributed by atoms with Gasteiger partial charge >= 0.3 is 12.0 Å². The van der Waals surface area contributed by atoms with E-state index in [4.69, 9.17) is 5.11 Å². The van der Waals surface area contributed by atoms with Crippen molar-refractivity contribution in [1.29, 1.82) is 0 Å². The molecule has 0 atom stereocenters. The number of benzene rings is 2. The SMILES string of the molecule is O=C(O)CCNC(=O)c1ccc(-c2ccc(NC(=O)Nc3ccccc3)cc2)cn1. The van der Waals surface area contributed by atoms with Crippen LogP contribution in [-0.4, -0.2) is 34.5 Å². The number of urea groups is 1. The molecule has 0 saturated heterocycles. The van der Waals surface area contributed by atoms with Gasteiger partial charge in [-0.3, -0.25) is 14.6 Å². The summed E-state index contributed by atoms with van der Waals surface area (Å²) in [6.07, 6.45) is 1.42. The molecule has 2 aromatic carbocycles. The average molecular weight is 404 g/mol. The van der Waals surface area contributed by atoms with Crippen LogP contribution in [0.3, 0.4) is 0 Å². The Labute approximate surface area is 173 Å². The van der Waals surface area contributed by atoms with Crippen LogP contribution < -0.4 is 16.0 Å². The molecule has 8 heteroatoms. The lowest BCUT2D eigenvalue weighted by molar-refractivity contribution is -0.136. The number of aromatic nitrogens is 1. The van der Waals surface area contributed by atoms with Gasteiger partial charge in [0.1, 0.15) is 5.69 Å². The summed E-state index contributed by atoms with van der Waals surface area (Å²) in [5.41, 5.74) is 3.21. The zero-order valence-corrected chi connectivity index (χ0v) is 16.0. The molecule has 0 unspecified atom stereocenters. The normalized spacial score (nSPS) is 10.1. The lowest BCUT2D eigenvalue weighted by Crippen LogP contribution is -2.26. The van der Waals surface area contributed by atoms with Crippen molar-refractivity contribution in [3.05, 3.63) is 78.6 Å². The molecule has 0 bridgehead atoms. The van der Waals surface area contributed by atoms with Crippen LogP contribution in [0.2, 0.25) is 0 Å². The van der Waals surface area contributed by atoms with Crippen LogP contribution in [0.5, 0.6) is 0 Å². The Balaban J connectivity index is 1.57. The summed E-state index contributed by atoms with van der Waals surface area (Å²) >= 11 is 0. The number of hydrogen-bond donors (Lipinski definition) is 4. The van der Waals surface area contributed by atoms with Gasteiger partial charge in [0.05, 0.1) is 6.42 Å². The predicted molar refractivity (Wildman–Crippen MR) is 113 cm³/mol. The predicted octanol–water partition coefficient (Wildman–Crippen LogP) is 3.60. The maximum atomic E-state index is 12.0. The molecule has 0 aliphatic carbocycles. The number of para-hydroxylation sites is 1. The first kappa shape index (κ1) is 20.5. The van der Waals surface area contributed by atoms with Gasteiger partial charge in [-0.1, -0.05) is 36.4 Å². The molecule has 0 spiro atoms. The number of carbonyl (C=O) groups excluding carboxylic acids is 2. The molecule has 0 aliphatic rings. The van der Waals surface area contributed by atoms with Gasteiger partial charge in [-0.05, 0) is 35.9 Å². The van der Waals surface area contributed by atoms with Crippen LogP contribution in [-0.2, 0) is 4.79 Å². The number of anilines is 2. The highest BCUT2D eigenvalue weighted by Gasteiger charge is 2.08. The number of aliphatic carboxylic acids is 1. The summed E-state index contributed by atoms with van der Waals surface area (Å²) in [5, 5.41) is 16.6. The van der Waals surface area contributed by atoms with Gasteiger partial charge < -0.3 is 21.1 Å². The fourth-order valence-corrected chi connectivity index (χ4v) is 2.63. The van der Waals surface area contributed by atoms with Gasteiger partial charge in [0, 0.05) is 29.7 Å². The lowest BCUT2D eigenvalue weighted by atomic mass is 10.1. The molecule has 3 amide bonds. The van der Waals surface area contributed by atoms with Crippen LogP contribution >= 0.6 is 0 Å². The number of rotatable bonds is 7. The van der Waals surface area contributed by atoms with Crippen molar-refractivity contribution in [2.75, 3.05) is 17.2 Å². The topological polar surface area (TPSA) is 120 Å². The first-order chi connectivity index (χ1) is 14.5. The van der Waals surface area contributed by atoms with Gasteiger partial charge in [0.25, 0.3) is 5.91 Å². The molecule has 0 aliphatic heterocycles. The van der Waals surface area contributed by atoms with Crippen molar-refractivity contribution in [2.45, 2.75) is 6.42 Å². The van der Waals surface area contributed by atoms with Crippen LogP contribution in [0.25, 0.3) is 11.1 Å². The van der Waals surface area contributed by atoms with E-state index in [1.54, 1.807) is 42.6 Å². The summed E-state index contributed by atoms with van der Waals surface area (Å²) < 4.78 is 0. The molecular weight excluding hydrogens is 384 g/mol. The van der Waals surface area contributed by atoms with E-state index in [2.05, 4.69) is 20.9 Å². The molecule has 1 heterocycles. The van der Waals surface area contributed by atoms with Crippen LogP contribution in [0.15, 0.2) is 72.9 Å². The van der Waals surface area contributed by atoms with Crippen molar-refractivity contribution in [2.24, 2.45) is 0 Å². The Kier molecular flexibility index (Phi) is 6.73. The highest BCUT2D eigenvalue weighted by atomic mass is 16.4. The lowest BCUT2D eigenvalue weighted by Gasteiger charge is -2.09. The fourth-order valence-electron chi connectivity index (χ4n) is 2.63. The quantitative estimate of drug-likeness (QED) is 0.480. The molecule has 8 nitrogen and oxygen atoms in total. The van der Waals surface area contributed by atoms with Crippen molar-refractivity contribution in [3.8, 4) is 11.1 Å². The molecule has 0 radical (unpaired) electrons. The number of amides is 3. The van der Waals surface area contributed by atoms with Gasteiger partial charge in [-0.15, -0.1) is 0 Å². The first-order valence-electron chi connectivity index (χ1n) is 9.21. The van der Waals surface area contributed by atoms with E-state index in [1.807, 2.05) is 30.3 Å². The van der Waals surface area contributed by atoms with E-state index in [0.29, 0.717) is 11.4 Å². The summed E-state index contributed by atoms with van der Waals surface area (Å²) in [7, 11) is 0. The van der Waals surface area contributed by atoms with E-state index in [0.717, 1.165) is 11.1 Å². The Morgan fingerprint density at radius 1 is 0.800 bits per heavy atom. The number of carboxylic acids is 1. The second kappa shape index (κ2) is 9.83. The van der Waals surface area contributed by atoms with E-state index in [1.165, 1.54) is 0 Å². The van der Waals surface area contributed by atoms with Crippen molar-refractivity contribution < 1.29 is 19.5 Å². The molecule has 152 valence electrons. The van der Waals surface area contributed by atoms with Crippen molar-refractivity contribution in [3.63, 3.8) is 0 Å². The van der Waals surface area contributed by atoms with E-state index >= 15 is 0 Å². The Bertz CT molecular complexity index is 1020. The summed E-state index contributed by atoms with van der Waals surface area (Å²) in [4.78, 5) is 38.6. The van der Waals surface area contributed by atoms with Gasteiger partial charge in [0.15, 0.2) is 0 Å². The molecular formula is C22H20N4O4. The monoisotopic (exact) mass is 404 g/mol. The number of pyridine rings is 1. The smallest absolute Gasteiger partial charge is 0.323 e. The minimum absolute atomic E-state index is 0.0455. The number of nitrogens with one attached hydrogen (secondary N) is 3. The molecule has 4 N–H and O–H groups in total. The summed E-state index contributed by atoms with van der Waals surface area (Å²) in [6, 6.07) is 19.3. The highest BCUT2D eigenvalue weighted by Crippen LogP contribution is 2.21. The summed E-state index contributed by atoms with van der Waals surface area (Å²) in [5.74, 6) is -1.40. The standard InChI is InChI=1S/C22H20N4O4/c27-20(28)12-13-23-21(29)19-11-8-16(14-24-19)15-6-9-18(10-7-15)26-22(30)25-17-4-2-1-3-5-17/h1-11,14H,12-13H2,(H,23,29)(H,27,28)(H2,25,26,30). The van der Waals surface area contributed by atoms with Gasteiger partial charge in [-0.2, -0.15) is 0 Å². The van der Waals surface area contributed by atoms with Crippen molar-refractivity contribution in [1.82, 2.24) is 10.3 Å². The molecule has 3 rings (SSSR count). The zero-order valence-electron chi connectivity index (χ0n) is 16.0. The molecule has 1 aromatic heterocycles. The minimum Gasteiger partial charge on any atom is -0.481 e. The van der Waals surface area contributed by atoms with E-state index < -0.39 is 11.9 Å². The largest absolute Gasteiger partial charge is 0.481 e. The van der Waals surface area contributed by atoms with E-state index in [9.17, 15) is 14.4 Å². The third-order valence-corrected chi connectivity index (χ3v) is 4.13. The fraction of sp³-hybridized carbons (Fsp3) is 0.0909. The highest BCUT2D eigenvalue weighted by molar-refractivity contribution is 5.99. The second-order valence-corrected chi connectivity index (χ2v) is 6.35. The first-order valence-corrected chi connectivity index (χ1v) is 9.21. The Hall–Kier alpha value is -4.20.